The Morgan fingerprint density at radius 1 is 1.28 bits per heavy atom. The molecule has 3 nitrogen and oxygen atoms in total. The molecular formula is C14H13IN2O. The van der Waals surface area contributed by atoms with E-state index in [1.165, 1.54) is 0 Å². The first-order valence-corrected chi connectivity index (χ1v) is 6.65. The summed E-state index contributed by atoms with van der Waals surface area (Å²) in [5, 5.41) is 2.88. The lowest BCUT2D eigenvalue weighted by molar-refractivity contribution is 0.102. The molecule has 2 rings (SSSR count). The second kappa shape index (κ2) is 5.48. The molecular weight excluding hydrogens is 339 g/mol. The van der Waals surface area contributed by atoms with Gasteiger partial charge in [-0.3, -0.25) is 9.78 Å². The number of hydrogen-bond acceptors (Lipinski definition) is 2. The van der Waals surface area contributed by atoms with Crippen LogP contribution in [-0.4, -0.2) is 10.9 Å². The lowest BCUT2D eigenvalue weighted by atomic mass is 10.1. The molecule has 1 aromatic heterocycles. The molecule has 1 aromatic carbocycles. The predicted molar refractivity (Wildman–Crippen MR) is 80.8 cm³/mol. The van der Waals surface area contributed by atoms with Gasteiger partial charge >= 0.3 is 0 Å². The zero-order valence-electron chi connectivity index (χ0n) is 10.2. The summed E-state index contributed by atoms with van der Waals surface area (Å²) in [5.74, 6) is -0.0892. The average Bonchev–Trinajstić information content (AvgIpc) is 2.32. The van der Waals surface area contributed by atoms with Crippen LogP contribution in [0.25, 0.3) is 0 Å². The van der Waals surface area contributed by atoms with Crippen LogP contribution in [0.15, 0.2) is 36.5 Å². The van der Waals surface area contributed by atoms with Crippen LogP contribution in [0.4, 0.5) is 5.69 Å². The summed E-state index contributed by atoms with van der Waals surface area (Å²) in [7, 11) is 0. The number of carbonyl (C=O) groups excluding carboxylic acids is 1. The molecule has 0 saturated carbocycles. The fourth-order valence-corrected chi connectivity index (χ4v) is 2.25. The second-order valence-corrected chi connectivity index (χ2v) is 5.16. The van der Waals surface area contributed by atoms with E-state index in [1.54, 1.807) is 12.3 Å². The molecule has 0 unspecified atom stereocenters. The topological polar surface area (TPSA) is 42.0 Å². The van der Waals surface area contributed by atoms with Gasteiger partial charge in [0, 0.05) is 21.1 Å². The van der Waals surface area contributed by atoms with Crippen LogP contribution in [0.1, 0.15) is 21.6 Å². The smallest absolute Gasteiger partial charge is 0.256 e. The molecule has 0 bridgehead atoms. The quantitative estimate of drug-likeness (QED) is 0.840. The Balaban J connectivity index is 2.25. The van der Waals surface area contributed by atoms with Crippen LogP contribution in [0.2, 0.25) is 0 Å². The fourth-order valence-electron chi connectivity index (χ4n) is 1.64. The number of benzene rings is 1. The summed E-state index contributed by atoms with van der Waals surface area (Å²) in [6, 6.07) is 9.35. The number of nitrogens with one attached hydrogen (secondary N) is 1. The number of carbonyl (C=O) groups is 1. The molecule has 92 valence electrons. The Morgan fingerprint density at radius 2 is 2.06 bits per heavy atom. The van der Waals surface area contributed by atoms with Gasteiger partial charge in [-0.25, -0.2) is 0 Å². The Bertz CT molecular complexity index is 596. The van der Waals surface area contributed by atoms with Crippen LogP contribution < -0.4 is 5.32 Å². The third-order valence-corrected chi connectivity index (χ3v) is 4.02. The molecule has 0 aliphatic rings. The molecule has 0 radical (unpaired) electrons. The minimum Gasteiger partial charge on any atom is -0.322 e. The van der Waals surface area contributed by atoms with Crippen molar-refractivity contribution in [2.24, 2.45) is 0 Å². The van der Waals surface area contributed by atoms with Gasteiger partial charge in [0.05, 0.1) is 5.56 Å². The van der Waals surface area contributed by atoms with Crippen molar-refractivity contribution in [2.75, 3.05) is 5.32 Å². The summed E-state index contributed by atoms with van der Waals surface area (Å²) in [4.78, 5) is 16.3. The van der Waals surface area contributed by atoms with E-state index in [9.17, 15) is 4.79 Å². The summed E-state index contributed by atoms with van der Waals surface area (Å²) in [6.45, 7) is 3.89. The maximum absolute atomic E-state index is 12.2. The number of rotatable bonds is 2. The molecule has 18 heavy (non-hydrogen) atoms. The van der Waals surface area contributed by atoms with Crippen LogP contribution >= 0.6 is 22.6 Å². The van der Waals surface area contributed by atoms with Crippen molar-refractivity contribution in [3.8, 4) is 0 Å². The number of halogens is 1. The van der Waals surface area contributed by atoms with Crippen molar-refractivity contribution in [3.63, 3.8) is 0 Å². The van der Waals surface area contributed by atoms with Gasteiger partial charge in [0.25, 0.3) is 5.91 Å². The first-order valence-electron chi connectivity index (χ1n) is 5.57. The van der Waals surface area contributed by atoms with E-state index in [0.717, 1.165) is 20.5 Å². The van der Waals surface area contributed by atoms with Crippen molar-refractivity contribution >= 4 is 34.2 Å². The summed E-state index contributed by atoms with van der Waals surface area (Å²) in [5.41, 5.74) is 3.45. The highest BCUT2D eigenvalue weighted by molar-refractivity contribution is 14.1. The third kappa shape index (κ3) is 2.87. The van der Waals surface area contributed by atoms with Gasteiger partial charge < -0.3 is 5.32 Å². The van der Waals surface area contributed by atoms with Gasteiger partial charge in [-0.1, -0.05) is 12.1 Å². The fraction of sp³-hybridized carbons (Fsp3) is 0.143. The van der Waals surface area contributed by atoms with Crippen LogP contribution in [0, 0.1) is 17.4 Å². The minimum absolute atomic E-state index is 0.0892. The van der Waals surface area contributed by atoms with Gasteiger partial charge in [-0.15, -0.1) is 0 Å². The molecule has 0 fully saturated rings. The van der Waals surface area contributed by atoms with Crippen LogP contribution in [0.3, 0.4) is 0 Å². The molecule has 0 spiro atoms. The Labute approximate surface area is 120 Å². The van der Waals surface area contributed by atoms with Crippen LogP contribution in [0.5, 0.6) is 0 Å². The normalized spacial score (nSPS) is 10.2. The van der Waals surface area contributed by atoms with Gasteiger partial charge in [0.15, 0.2) is 0 Å². The van der Waals surface area contributed by atoms with Gasteiger partial charge in [-0.2, -0.15) is 0 Å². The highest BCUT2D eigenvalue weighted by atomic mass is 127. The minimum atomic E-state index is -0.0892. The Hall–Kier alpha value is -1.43. The number of aryl methyl sites for hydroxylation is 2. The summed E-state index contributed by atoms with van der Waals surface area (Å²) >= 11 is 2.20. The Morgan fingerprint density at radius 3 is 2.78 bits per heavy atom. The molecule has 4 heteroatoms. The SMILES string of the molecule is Cc1cc(NC(=O)c2cccc(C)c2I)ccn1. The van der Waals surface area contributed by atoms with Crippen molar-refractivity contribution in [3.05, 3.63) is 56.9 Å². The summed E-state index contributed by atoms with van der Waals surface area (Å²) < 4.78 is 0.985. The van der Waals surface area contributed by atoms with Crippen molar-refractivity contribution < 1.29 is 4.79 Å². The zero-order chi connectivity index (χ0) is 13.1. The number of nitrogens with zero attached hydrogens (tertiary/aromatic N) is 1. The van der Waals surface area contributed by atoms with E-state index in [4.69, 9.17) is 0 Å². The highest BCUT2D eigenvalue weighted by Crippen LogP contribution is 2.18. The van der Waals surface area contributed by atoms with Crippen molar-refractivity contribution in [2.45, 2.75) is 13.8 Å². The largest absolute Gasteiger partial charge is 0.322 e. The number of aromatic nitrogens is 1. The second-order valence-electron chi connectivity index (χ2n) is 4.08. The Kier molecular flexibility index (Phi) is 3.96. The number of pyridine rings is 1. The van der Waals surface area contributed by atoms with Gasteiger partial charge in [-0.05, 0) is 60.2 Å². The van der Waals surface area contributed by atoms with E-state index in [0.29, 0.717) is 5.56 Å². The van der Waals surface area contributed by atoms with Gasteiger partial charge in [0.2, 0.25) is 0 Å². The number of amides is 1. The van der Waals surface area contributed by atoms with E-state index in [1.807, 2.05) is 38.1 Å². The predicted octanol–water partition coefficient (Wildman–Crippen LogP) is 3.56. The lowest BCUT2D eigenvalue weighted by Crippen LogP contribution is -2.14. The van der Waals surface area contributed by atoms with E-state index in [2.05, 4.69) is 32.9 Å². The average molecular weight is 352 g/mol. The maximum Gasteiger partial charge on any atom is 0.256 e. The van der Waals surface area contributed by atoms with Crippen molar-refractivity contribution in [1.82, 2.24) is 4.98 Å². The number of hydrogen-bond donors (Lipinski definition) is 1. The standard InChI is InChI=1S/C14H13IN2O/c1-9-4-3-5-12(13(9)15)14(18)17-11-6-7-16-10(2)8-11/h3-8H,1-2H3,(H,16,17,18). The first-order chi connectivity index (χ1) is 8.58. The highest BCUT2D eigenvalue weighted by Gasteiger charge is 2.11. The van der Waals surface area contributed by atoms with Crippen molar-refractivity contribution in [1.29, 1.82) is 0 Å². The third-order valence-electron chi connectivity index (χ3n) is 2.59. The molecule has 0 atom stereocenters. The first kappa shape index (κ1) is 13.0. The molecule has 0 aliphatic heterocycles. The maximum atomic E-state index is 12.2. The molecule has 0 saturated heterocycles. The van der Waals surface area contributed by atoms with Gasteiger partial charge in [0.1, 0.15) is 0 Å². The van der Waals surface area contributed by atoms with E-state index < -0.39 is 0 Å². The summed E-state index contributed by atoms with van der Waals surface area (Å²) in [6.07, 6.45) is 1.69. The molecule has 1 N–H and O–H groups in total. The molecule has 0 aliphatic carbocycles. The van der Waals surface area contributed by atoms with E-state index >= 15 is 0 Å². The zero-order valence-corrected chi connectivity index (χ0v) is 12.4. The van der Waals surface area contributed by atoms with Crippen LogP contribution in [-0.2, 0) is 0 Å². The molecule has 1 heterocycles. The molecule has 1 amide bonds. The lowest BCUT2D eigenvalue weighted by Gasteiger charge is -2.08. The van der Waals surface area contributed by atoms with E-state index in [-0.39, 0.29) is 5.91 Å². The number of anilines is 1. The monoisotopic (exact) mass is 352 g/mol. The molecule has 2 aromatic rings.